The van der Waals surface area contributed by atoms with Crippen LogP contribution in [0.5, 0.6) is 0 Å². The fraction of sp³-hybridized carbons (Fsp3) is 0.730. The van der Waals surface area contributed by atoms with E-state index in [1.165, 1.54) is 6.92 Å². The summed E-state index contributed by atoms with van der Waals surface area (Å²) in [5.74, 6) is 0.616. The zero-order valence-electron chi connectivity index (χ0n) is 28.8. The Morgan fingerprint density at radius 1 is 1.00 bits per heavy atom. The summed E-state index contributed by atoms with van der Waals surface area (Å²) in [7, 11) is 0. The van der Waals surface area contributed by atoms with Gasteiger partial charge in [-0.2, -0.15) is 0 Å². The Bertz CT molecular complexity index is 1250. The molecule has 3 aliphatic carbocycles. The van der Waals surface area contributed by atoms with Crippen molar-refractivity contribution in [2.75, 3.05) is 6.61 Å². The largest absolute Gasteiger partial charge is 0.462 e. The maximum atomic E-state index is 13.8. The SMILES string of the molecule is CC(=O)O[C@@H]1CC[C@@]2(C)[C@@H](CC[C@]3(C)/C(=C(C)/C=C/C=C(\C)C(CC=C(C)C)O[C@@H]4OC[C@H](O)[C@H](O)[C@@H]4O)C(=O)C[C@@H]23)C1(C)C. The number of carbonyl (C=O) groups is 2. The lowest BCUT2D eigenvalue weighted by Gasteiger charge is -2.62. The zero-order chi connectivity index (χ0) is 33.5. The average Bonchev–Trinajstić information content (AvgIpc) is 3.23. The van der Waals surface area contributed by atoms with Crippen molar-refractivity contribution >= 4 is 11.8 Å². The fourth-order valence-corrected chi connectivity index (χ4v) is 9.26. The minimum absolute atomic E-state index is 0.0179. The Labute approximate surface area is 269 Å². The van der Waals surface area contributed by atoms with Crippen LogP contribution in [0.4, 0.5) is 0 Å². The Hall–Kier alpha value is -2.10. The van der Waals surface area contributed by atoms with Gasteiger partial charge in [0.1, 0.15) is 24.4 Å². The van der Waals surface area contributed by atoms with Crippen LogP contribution in [0.1, 0.15) is 101 Å². The first-order chi connectivity index (χ1) is 20.9. The van der Waals surface area contributed by atoms with E-state index in [-0.39, 0.29) is 46.6 Å². The summed E-state index contributed by atoms with van der Waals surface area (Å²) in [5, 5.41) is 30.4. The van der Waals surface area contributed by atoms with Gasteiger partial charge in [-0.05, 0) is 88.2 Å². The molecule has 1 saturated heterocycles. The third-order valence-electron chi connectivity index (χ3n) is 11.6. The maximum Gasteiger partial charge on any atom is 0.302 e. The first-order valence-corrected chi connectivity index (χ1v) is 16.6. The molecule has 1 heterocycles. The molecule has 0 aromatic carbocycles. The molecule has 8 heteroatoms. The van der Waals surface area contributed by atoms with E-state index < -0.39 is 30.7 Å². The van der Waals surface area contributed by atoms with Crippen LogP contribution in [0.2, 0.25) is 0 Å². The molecule has 4 fully saturated rings. The number of ether oxygens (including phenoxy) is 3. The Balaban J connectivity index is 1.55. The number of esters is 1. The first kappa shape index (κ1) is 35.7. The van der Waals surface area contributed by atoms with Crippen LogP contribution in [-0.2, 0) is 23.8 Å². The summed E-state index contributed by atoms with van der Waals surface area (Å²) >= 11 is 0. The van der Waals surface area contributed by atoms with Crippen molar-refractivity contribution in [1.29, 1.82) is 0 Å². The molecule has 0 bridgehead atoms. The van der Waals surface area contributed by atoms with Gasteiger partial charge in [0.25, 0.3) is 0 Å². The van der Waals surface area contributed by atoms with Crippen LogP contribution in [0.25, 0.3) is 0 Å². The summed E-state index contributed by atoms with van der Waals surface area (Å²) in [6.07, 6.45) is 7.33. The van der Waals surface area contributed by atoms with Gasteiger partial charge in [-0.15, -0.1) is 0 Å². The van der Waals surface area contributed by atoms with Crippen LogP contribution >= 0.6 is 0 Å². The van der Waals surface area contributed by atoms with E-state index in [9.17, 15) is 24.9 Å². The van der Waals surface area contributed by atoms with E-state index in [0.29, 0.717) is 18.8 Å². The van der Waals surface area contributed by atoms with Crippen molar-refractivity contribution in [1.82, 2.24) is 0 Å². The standard InChI is InChI=1S/C37H56O8/c1-21(2)13-14-27(45-34-33(42)32(41)26(40)20-43-34)22(3)11-10-12-23(4)31-25(39)19-29-36(8)18-16-30(44-24(5)38)35(6,7)28(36)15-17-37(29,31)9/h10-13,26-30,32-34,40-42H,14-20H2,1-9H3/b12-10+,22-11+,31-23+/t26-,27?,28-,29-,30+,32-,33-,34-,36-,37-/m0/s1. The van der Waals surface area contributed by atoms with E-state index in [0.717, 1.165) is 48.0 Å². The lowest BCUT2D eigenvalue weighted by Crippen LogP contribution is -2.58. The van der Waals surface area contributed by atoms with E-state index in [1.807, 2.05) is 45.9 Å². The molecular weight excluding hydrogens is 572 g/mol. The number of allylic oxidation sites excluding steroid dienone is 6. The molecule has 0 aromatic heterocycles. The normalized spacial score (nSPS) is 40.0. The van der Waals surface area contributed by atoms with E-state index in [2.05, 4.69) is 33.8 Å². The Morgan fingerprint density at radius 3 is 2.33 bits per heavy atom. The molecule has 3 N–H and O–H groups in total. The molecule has 3 saturated carbocycles. The monoisotopic (exact) mass is 628 g/mol. The molecule has 1 unspecified atom stereocenters. The number of hydrogen-bond acceptors (Lipinski definition) is 8. The molecule has 8 nitrogen and oxygen atoms in total. The second-order valence-corrected chi connectivity index (χ2v) is 15.4. The molecular formula is C37H56O8. The van der Waals surface area contributed by atoms with Gasteiger partial charge in [-0.25, -0.2) is 0 Å². The molecule has 45 heavy (non-hydrogen) atoms. The molecule has 252 valence electrons. The third kappa shape index (κ3) is 6.96. The van der Waals surface area contributed by atoms with Gasteiger partial charge in [-0.3, -0.25) is 9.59 Å². The summed E-state index contributed by atoms with van der Waals surface area (Å²) < 4.78 is 17.4. The smallest absolute Gasteiger partial charge is 0.302 e. The van der Waals surface area contributed by atoms with E-state index >= 15 is 0 Å². The first-order valence-electron chi connectivity index (χ1n) is 16.6. The number of fused-ring (bicyclic) bond motifs is 3. The summed E-state index contributed by atoms with van der Waals surface area (Å²) in [4.78, 5) is 25.6. The quantitative estimate of drug-likeness (QED) is 0.134. The van der Waals surface area contributed by atoms with Crippen molar-refractivity contribution in [3.05, 3.63) is 46.6 Å². The number of aliphatic hydroxyl groups is 3. The van der Waals surface area contributed by atoms with Crippen molar-refractivity contribution < 1.29 is 39.1 Å². The maximum absolute atomic E-state index is 13.8. The van der Waals surface area contributed by atoms with Gasteiger partial charge in [0, 0.05) is 29.7 Å². The molecule has 0 aromatic rings. The third-order valence-corrected chi connectivity index (χ3v) is 11.6. The highest BCUT2D eigenvalue weighted by molar-refractivity contribution is 6.00. The molecule has 0 amide bonds. The van der Waals surface area contributed by atoms with Crippen molar-refractivity contribution in [2.24, 2.45) is 28.1 Å². The number of ketones is 1. The highest BCUT2D eigenvalue weighted by Gasteiger charge is 2.65. The average molecular weight is 629 g/mol. The van der Waals surface area contributed by atoms with Crippen molar-refractivity contribution in [3.63, 3.8) is 0 Å². The van der Waals surface area contributed by atoms with E-state index in [4.69, 9.17) is 14.2 Å². The highest BCUT2D eigenvalue weighted by atomic mass is 16.7. The predicted molar refractivity (Wildman–Crippen MR) is 173 cm³/mol. The zero-order valence-corrected chi connectivity index (χ0v) is 28.8. The summed E-state index contributed by atoms with van der Waals surface area (Å²) in [6, 6.07) is 0. The number of Topliss-reactive ketones (excluding diaryl/α,β-unsaturated/α-hetero) is 1. The van der Waals surface area contributed by atoms with Crippen LogP contribution < -0.4 is 0 Å². The number of aliphatic hydroxyl groups excluding tert-OH is 3. The number of hydrogen-bond donors (Lipinski definition) is 3. The van der Waals surface area contributed by atoms with Gasteiger partial charge >= 0.3 is 5.97 Å². The Kier molecular flexibility index (Phi) is 10.8. The van der Waals surface area contributed by atoms with Gasteiger partial charge in [0.05, 0.1) is 12.7 Å². The lowest BCUT2D eigenvalue weighted by molar-refractivity contribution is -0.278. The number of carbonyl (C=O) groups excluding carboxylic acids is 2. The Morgan fingerprint density at radius 2 is 1.69 bits per heavy atom. The molecule has 4 rings (SSSR count). The van der Waals surface area contributed by atoms with E-state index in [1.54, 1.807) is 0 Å². The summed E-state index contributed by atoms with van der Waals surface area (Å²) in [5.41, 5.74) is 3.56. The lowest BCUT2D eigenvalue weighted by atomic mass is 9.43. The molecule has 4 aliphatic rings. The van der Waals surface area contributed by atoms with Crippen molar-refractivity contribution in [2.45, 2.75) is 138 Å². The molecule has 0 spiro atoms. The van der Waals surface area contributed by atoms with Crippen LogP contribution in [0.3, 0.4) is 0 Å². The van der Waals surface area contributed by atoms with Crippen LogP contribution in [-0.4, -0.2) is 70.5 Å². The van der Waals surface area contributed by atoms with Crippen LogP contribution in [0, 0.1) is 28.1 Å². The van der Waals surface area contributed by atoms with Crippen molar-refractivity contribution in [3.8, 4) is 0 Å². The molecule has 0 radical (unpaired) electrons. The summed E-state index contributed by atoms with van der Waals surface area (Å²) in [6.45, 7) is 18.5. The fourth-order valence-electron chi connectivity index (χ4n) is 9.26. The predicted octanol–water partition coefficient (Wildman–Crippen LogP) is 5.75. The second kappa shape index (κ2) is 13.6. The molecule has 10 atom stereocenters. The minimum atomic E-state index is -1.36. The van der Waals surface area contributed by atoms with Gasteiger partial charge in [-0.1, -0.05) is 57.6 Å². The highest BCUT2D eigenvalue weighted by Crippen LogP contribution is 2.69. The van der Waals surface area contributed by atoms with Gasteiger partial charge in [0.2, 0.25) is 0 Å². The second-order valence-electron chi connectivity index (χ2n) is 15.4. The topological polar surface area (TPSA) is 123 Å². The van der Waals surface area contributed by atoms with Crippen LogP contribution in [0.15, 0.2) is 46.6 Å². The molecule has 1 aliphatic heterocycles. The number of rotatable bonds is 8. The minimum Gasteiger partial charge on any atom is -0.462 e. The van der Waals surface area contributed by atoms with Gasteiger partial charge in [0.15, 0.2) is 12.1 Å². The van der Waals surface area contributed by atoms with Gasteiger partial charge < -0.3 is 29.5 Å².